The Morgan fingerprint density at radius 2 is 1.63 bits per heavy atom. The number of hydrogen-bond acceptors (Lipinski definition) is 1. The van der Waals surface area contributed by atoms with Crippen LogP contribution in [0.15, 0.2) is 66.7 Å². The van der Waals surface area contributed by atoms with Crippen LogP contribution in [-0.4, -0.2) is 5.91 Å². The molecule has 2 nitrogen and oxygen atoms in total. The Kier molecular flexibility index (Phi) is 2.92. The molecule has 1 unspecified atom stereocenters. The van der Waals surface area contributed by atoms with Gasteiger partial charge in [-0.25, -0.2) is 0 Å². The van der Waals surface area contributed by atoms with E-state index in [0.717, 1.165) is 11.3 Å². The van der Waals surface area contributed by atoms with E-state index >= 15 is 0 Å². The first kappa shape index (κ1) is 11.7. The van der Waals surface area contributed by atoms with Crippen molar-refractivity contribution in [3.05, 3.63) is 77.9 Å². The summed E-state index contributed by atoms with van der Waals surface area (Å²) >= 11 is 0. The molecule has 0 spiro atoms. The first-order valence-corrected chi connectivity index (χ1v) is 6.39. The van der Waals surface area contributed by atoms with Gasteiger partial charge in [-0.15, -0.1) is 0 Å². The van der Waals surface area contributed by atoms with Crippen molar-refractivity contribution in [1.82, 2.24) is 0 Å². The third-order valence-electron chi connectivity index (χ3n) is 3.39. The van der Waals surface area contributed by atoms with Gasteiger partial charge in [0.2, 0.25) is 0 Å². The lowest BCUT2D eigenvalue weighted by atomic mass is 10.0. The minimum Gasteiger partial charge on any atom is -0.298 e. The SMILES string of the molecule is Cc1ccc(C2C=CC(=O)N2c2ccccc2)cc1. The fourth-order valence-electron chi connectivity index (χ4n) is 2.38. The molecule has 1 amide bonds. The molecular formula is C17H15NO. The first-order valence-electron chi connectivity index (χ1n) is 6.39. The highest BCUT2D eigenvalue weighted by Gasteiger charge is 2.28. The number of benzene rings is 2. The number of para-hydroxylation sites is 1. The summed E-state index contributed by atoms with van der Waals surface area (Å²) < 4.78 is 0. The minimum absolute atomic E-state index is 0.00417. The van der Waals surface area contributed by atoms with E-state index in [4.69, 9.17) is 0 Å². The zero-order valence-corrected chi connectivity index (χ0v) is 10.8. The Morgan fingerprint density at radius 3 is 2.32 bits per heavy atom. The molecule has 0 N–H and O–H groups in total. The van der Waals surface area contributed by atoms with Gasteiger partial charge >= 0.3 is 0 Å². The summed E-state index contributed by atoms with van der Waals surface area (Å²) in [6.45, 7) is 2.06. The average molecular weight is 249 g/mol. The zero-order valence-electron chi connectivity index (χ0n) is 10.8. The van der Waals surface area contributed by atoms with Crippen molar-refractivity contribution >= 4 is 11.6 Å². The van der Waals surface area contributed by atoms with Crippen molar-refractivity contribution in [2.45, 2.75) is 13.0 Å². The third-order valence-corrected chi connectivity index (χ3v) is 3.39. The highest BCUT2D eigenvalue weighted by molar-refractivity contribution is 6.05. The van der Waals surface area contributed by atoms with E-state index in [-0.39, 0.29) is 11.9 Å². The van der Waals surface area contributed by atoms with Crippen molar-refractivity contribution in [3.63, 3.8) is 0 Å². The lowest BCUT2D eigenvalue weighted by molar-refractivity contribution is -0.113. The van der Waals surface area contributed by atoms with Gasteiger partial charge in [0.15, 0.2) is 0 Å². The second-order valence-electron chi connectivity index (χ2n) is 4.76. The van der Waals surface area contributed by atoms with Gasteiger partial charge in [-0.3, -0.25) is 9.69 Å². The normalized spacial score (nSPS) is 18.1. The summed E-state index contributed by atoms with van der Waals surface area (Å²) in [7, 11) is 0. The first-order chi connectivity index (χ1) is 9.25. The molecular weight excluding hydrogens is 234 g/mol. The lowest BCUT2D eigenvalue weighted by Gasteiger charge is -2.25. The van der Waals surface area contributed by atoms with Crippen molar-refractivity contribution in [2.75, 3.05) is 4.90 Å². The van der Waals surface area contributed by atoms with Crippen molar-refractivity contribution in [3.8, 4) is 0 Å². The fraction of sp³-hybridized carbons (Fsp3) is 0.118. The number of anilines is 1. The predicted molar refractivity (Wildman–Crippen MR) is 77.0 cm³/mol. The maximum absolute atomic E-state index is 12.1. The summed E-state index contributed by atoms with van der Waals surface area (Å²) in [5.74, 6) is 0.0387. The van der Waals surface area contributed by atoms with E-state index in [1.54, 1.807) is 6.08 Å². The number of aryl methyl sites for hydroxylation is 1. The monoisotopic (exact) mass is 249 g/mol. The summed E-state index contributed by atoms with van der Waals surface area (Å²) in [6, 6.07) is 18.1. The number of nitrogens with zero attached hydrogens (tertiary/aromatic N) is 1. The summed E-state index contributed by atoms with van der Waals surface area (Å²) in [5.41, 5.74) is 3.29. The fourth-order valence-corrected chi connectivity index (χ4v) is 2.38. The molecule has 2 aromatic rings. The molecule has 0 saturated carbocycles. The van der Waals surface area contributed by atoms with Crippen LogP contribution in [0.25, 0.3) is 0 Å². The van der Waals surface area contributed by atoms with Gasteiger partial charge in [0.1, 0.15) is 0 Å². The van der Waals surface area contributed by atoms with E-state index in [9.17, 15) is 4.79 Å². The molecule has 0 aliphatic carbocycles. The Balaban J connectivity index is 1.99. The minimum atomic E-state index is -0.00417. The molecule has 2 aromatic carbocycles. The van der Waals surface area contributed by atoms with E-state index in [1.165, 1.54) is 5.56 Å². The third kappa shape index (κ3) is 2.17. The van der Waals surface area contributed by atoms with Gasteiger partial charge in [-0.05, 0) is 24.6 Å². The van der Waals surface area contributed by atoms with Gasteiger partial charge in [-0.2, -0.15) is 0 Å². The molecule has 1 atom stereocenters. The highest BCUT2D eigenvalue weighted by atomic mass is 16.2. The Hall–Kier alpha value is -2.35. The van der Waals surface area contributed by atoms with Crippen molar-refractivity contribution in [1.29, 1.82) is 0 Å². The topological polar surface area (TPSA) is 20.3 Å². The van der Waals surface area contributed by atoms with E-state index in [2.05, 4.69) is 31.2 Å². The summed E-state index contributed by atoms with van der Waals surface area (Å²) in [4.78, 5) is 13.9. The summed E-state index contributed by atoms with van der Waals surface area (Å²) in [6.07, 6.45) is 3.61. The molecule has 1 aliphatic rings. The molecule has 0 saturated heterocycles. The van der Waals surface area contributed by atoms with Crippen LogP contribution >= 0.6 is 0 Å². The molecule has 0 fully saturated rings. The van der Waals surface area contributed by atoms with Crippen LogP contribution in [0.5, 0.6) is 0 Å². The van der Waals surface area contributed by atoms with E-state index in [1.807, 2.05) is 41.3 Å². The van der Waals surface area contributed by atoms with E-state index < -0.39 is 0 Å². The highest BCUT2D eigenvalue weighted by Crippen LogP contribution is 2.32. The van der Waals surface area contributed by atoms with Crippen LogP contribution in [0, 0.1) is 6.92 Å². The number of amides is 1. The van der Waals surface area contributed by atoms with Gasteiger partial charge in [0.25, 0.3) is 5.91 Å². The number of carbonyl (C=O) groups excluding carboxylic acids is 1. The maximum atomic E-state index is 12.1. The van der Waals surface area contributed by atoms with Crippen LogP contribution in [0.3, 0.4) is 0 Å². The van der Waals surface area contributed by atoms with Crippen LogP contribution in [0.2, 0.25) is 0 Å². The molecule has 2 heteroatoms. The number of carbonyl (C=O) groups is 1. The molecule has 0 bridgehead atoms. The van der Waals surface area contributed by atoms with Crippen LogP contribution < -0.4 is 4.90 Å². The van der Waals surface area contributed by atoms with Crippen molar-refractivity contribution < 1.29 is 4.79 Å². The van der Waals surface area contributed by atoms with Gasteiger partial charge in [0, 0.05) is 11.8 Å². The molecule has 94 valence electrons. The average Bonchev–Trinajstić information content (AvgIpc) is 2.82. The molecule has 0 aromatic heterocycles. The van der Waals surface area contributed by atoms with Crippen LogP contribution in [-0.2, 0) is 4.79 Å². The standard InChI is InChI=1S/C17H15NO/c1-13-7-9-14(10-8-13)16-11-12-17(19)18(16)15-5-3-2-4-6-15/h2-12,16H,1H3. The van der Waals surface area contributed by atoms with Gasteiger partial charge in [0.05, 0.1) is 6.04 Å². The number of rotatable bonds is 2. The van der Waals surface area contributed by atoms with Gasteiger partial charge in [-0.1, -0.05) is 54.1 Å². The summed E-state index contributed by atoms with van der Waals surface area (Å²) in [5, 5.41) is 0. The second kappa shape index (κ2) is 4.73. The second-order valence-corrected chi connectivity index (χ2v) is 4.76. The molecule has 1 heterocycles. The molecule has 3 rings (SSSR count). The zero-order chi connectivity index (χ0) is 13.2. The number of hydrogen-bond donors (Lipinski definition) is 0. The van der Waals surface area contributed by atoms with Gasteiger partial charge < -0.3 is 0 Å². The molecule has 0 radical (unpaired) electrons. The van der Waals surface area contributed by atoms with Crippen LogP contribution in [0.1, 0.15) is 17.2 Å². The maximum Gasteiger partial charge on any atom is 0.251 e. The van der Waals surface area contributed by atoms with E-state index in [0.29, 0.717) is 0 Å². The Bertz CT molecular complexity index is 613. The smallest absolute Gasteiger partial charge is 0.251 e. The Morgan fingerprint density at radius 1 is 0.947 bits per heavy atom. The van der Waals surface area contributed by atoms with Crippen LogP contribution in [0.4, 0.5) is 5.69 Å². The Labute approximate surface area is 113 Å². The largest absolute Gasteiger partial charge is 0.298 e. The van der Waals surface area contributed by atoms with Crippen molar-refractivity contribution in [2.24, 2.45) is 0 Å². The lowest BCUT2D eigenvalue weighted by Crippen LogP contribution is -2.28. The molecule has 1 aliphatic heterocycles. The molecule has 19 heavy (non-hydrogen) atoms. The quantitative estimate of drug-likeness (QED) is 0.795. The predicted octanol–water partition coefficient (Wildman–Crippen LogP) is 3.64.